The van der Waals surface area contributed by atoms with Crippen LogP contribution in [-0.2, 0) is 6.54 Å². The molecule has 1 unspecified atom stereocenters. The van der Waals surface area contributed by atoms with Crippen molar-refractivity contribution in [2.45, 2.75) is 19.5 Å². The zero-order valence-electron chi connectivity index (χ0n) is 12.0. The van der Waals surface area contributed by atoms with Gasteiger partial charge in [-0.2, -0.15) is 10.5 Å². The summed E-state index contributed by atoms with van der Waals surface area (Å²) in [7, 11) is 0. The summed E-state index contributed by atoms with van der Waals surface area (Å²) in [6.45, 7) is 2.64. The van der Waals surface area contributed by atoms with Crippen LogP contribution in [0.3, 0.4) is 0 Å². The lowest BCUT2D eigenvalue weighted by Gasteiger charge is -2.20. The summed E-state index contributed by atoms with van der Waals surface area (Å²) in [4.78, 5) is 0. The first-order valence-corrected chi connectivity index (χ1v) is 6.87. The minimum atomic E-state index is -0.712. The molecule has 0 bridgehead atoms. The first kappa shape index (κ1) is 14.8. The molecule has 0 radical (unpaired) electrons. The van der Waals surface area contributed by atoms with Crippen LogP contribution in [0.2, 0.25) is 0 Å². The van der Waals surface area contributed by atoms with Crippen molar-refractivity contribution in [3.8, 4) is 12.1 Å². The molecule has 2 rings (SSSR count). The molecule has 0 aliphatic heterocycles. The lowest BCUT2D eigenvalue weighted by molar-refractivity contribution is 0.485. The topological polar surface area (TPSA) is 59.6 Å². The Hall–Kier alpha value is -2.62. The van der Waals surface area contributed by atoms with Crippen molar-refractivity contribution >= 4 is 0 Å². The minimum Gasteiger partial charge on any atom is -0.304 e. The highest BCUT2D eigenvalue weighted by Crippen LogP contribution is 2.22. The fraction of sp³-hybridized carbons (Fsp3) is 0.222. The monoisotopic (exact) mass is 275 g/mol. The molecular formula is C18H17N3. The third-order valence-corrected chi connectivity index (χ3v) is 3.42. The van der Waals surface area contributed by atoms with Crippen LogP contribution in [0.1, 0.15) is 22.7 Å². The molecule has 2 aromatic rings. The molecule has 0 aliphatic rings. The highest BCUT2D eigenvalue weighted by Gasteiger charge is 2.22. The SMILES string of the molecule is Cc1ccc(C(NCc2ccccc2)C(C#N)C#N)cc1. The van der Waals surface area contributed by atoms with Crippen molar-refractivity contribution in [3.63, 3.8) is 0 Å². The highest BCUT2D eigenvalue weighted by atomic mass is 14.9. The van der Waals surface area contributed by atoms with E-state index in [1.807, 2.05) is 61.5 Å². The van der Waals surface area contributed by atoms with Gasteiger partial charge in [0.2, 0.25) is 0 Å². The number of nitrogens with one attached hydrogen (secondary N) is 1. The number of aryl methyl sites for hydroxylation is 1. The fourth-order valence-corrected chi connectivity index (χ4v) is 2.20. The molecule has 0 saturated heterocycles. The van der Waals surface area contributed by atoms with Crippen LogP contribution in [0.15, 0.2) is 54.6 Å². The molecule has 0 heterocycles. The second kappa shape index (κ2) is 7.24. The van der Waals surface area contributed by atoms with Crippen molar-refractivity contribution in [2.75, 3.05) is 0 Å². The Balaban J connectivity index is 2.19. The van der Waals surface area contributed by atoms with Gasteiger partial charge in [-0.15, -0.1) is 0 Å². The van der Waals surface area contributed by atoms with Gasteiger partial charge in [-0.3, -0.25) is 0 Å². The van der Waals surface area contributed by atoms with Crippen molar-refractivity contribution in [1.82, 2.24) is 5.32 Å². The van der Waals surface area contributed by atoms with Gasteiger partial charge in [-0.25, -0.2) is 0 Å². The van der Waals surface area contributed by atoms with Gasteiger partial charge in [0.25, 0.3) is 0 Å². The molecule has 0 aromatic heterocycles. The Morgan fingerprint density at radius 3 is 2.14 bits per heavy atom. The van der Waals surface area contributed by atoms with Crippen LogP contribution in [0, 0.1) is 35.5 Å². The van der Waals surface area contributed by atoms with Crippen LogP contribution in [0.5, 0.6) is 0 Å². The van der Waals surface area contributed by atoms with E-state index in [4.69, 9.17) is 0 Å². The Morgan fingerprint density at radius 2 is 1.57 bits per heavy atom. The second-order valence-corrected chi connectivity index (χ2v) is 4.99. The largest absolute Gasteiger partial charge is 0.304 e. The maximum absolute atomic E-state index is 9.20. The summed E-state index contributed by atoms with van der Waals surface area (Å²) in [5.74, 6) is -0.712. The van der Waals surface area contributed by atoms with E-state index in [0.29, 0.717) is 6.54 Å². The molecule has 21 heavy (non-hydrogen) atoms. The standard InChI is InChI=1S/C18H17N3/c1-14-7-9-16(10-8-14)18(17(11-19)12-20)21-13-15-5-3-2-4-6-15/h2-10,17-18,21H,13H2,1H3. The lowest BCUT2D eigenvalue weighted by Crippen LogP contribution is -2.26. The average molecular weight is 275 g/mol. The first-order chi connectivity index (χ1) is 10.2. The molecule has 3 nitrogen and oxygen atoms in total. The lowest BCUT2D eigenvalue weighted by atomic mass is 9.94. The number of hydrogen-bond donors (Lipinski definition) is 1. The smallest absolute Gasteiger partial charge is 0.152 e. The average Bonchev–Trinajstić information content (AvgIpc) is 2.53. The highest BCUT2D eigenvalue weighted by molar-refractivity contribution is 5.28. The van der Waals surface area contributed by atoms with Gasteiger partial charge in [0.15, 0.2) is 5.92 Å². The molecule has 2 aromatic carbocycles. The summed E-state index contributed by atoms with van der Waals surface area (Å²) in [5.41, 5.74) is 3.25. The number of nitrogens with zero attached hydrogens (tertiary/aromatic N) is 2. The normalized spacial score (nSPS) is 11.6. The Bertz CT molecular complexity index is 634. The van der Waals surface area contributed by atoms with Crippen LogP contribution in [-0.4, -0.2) is 0 Å². The van der Waals surface area contributed by atoms with Crippen molar-refractivity contribution in [3.05, 3.63) is 71.3 Å². The summed E-state index contributed by atoms with van der Waals surface area (Å²) < 4.78 is 0. The summed E-state index contributed by atoms with van der Waals surface area (Å²) in [6, 6.07) is 21.8. The molecule has 104 valence electrons. The van der Waals surface area contributed by atoms with Crippen LogP contribution in [0.25, 0.3) is 0 Å². The van der Waals surface area contributed by atoms with E-state index in [1.165, 1.54) is 0 Å². The molecule has 0 fully saturated rings. The second-order valence-electron chi connectivity index (χ2n) is 4.99. The van der Waals surface area contributed by atoms with Gasteiger partial charge in [0.05, 0.1) is 18.2 Å². The number of rotatable bonds is 5. The minimum absolute atomic E-state index is 0.291. The Labute approximate surface area is 125 Å². The summed E-state index contributed by atoms with van der Waals surface area (Å²) in [5, 5.41) is 21.7. The van der Waals surface area contributed by atoms with Gasteiger partial charge in [0, 0.05) is 6.54 Å². The van der Waals surface area contributed by atoms with Gasteiger partial charge in [0.1, 0.15) is 0 Å². The quantitative estimate of drug-likeness (QED) is 0.908. The number of nitriles is 2. The molecule has 0 aliphatic carbocycles. The van der Waals surface area contributed by atoms with E-state index in [0.717, 1.165) is 16.7 Å². The molecule has 1 N–H and O–H groups in total. The maximum Gasteiger partial charge on any atom is 0.152 e. The van der Waals surface area contributed by atoms with Gasteiger partial charge in [-0.1, -0.05) is 60.2 Å². The van der Waals surface area contributed by atoms with E-state index in [9.17, 15) is 10.5 Å². The Morgan fingerprint density at radius 1 is 0.952 bits per heavy atom. The number of hydrogen-bond acceptors (Lipinski definition) is 3. The van der Waals surface area contributed by atoms with E-state index in [1.54, 1.807) is 0 Å². The van der Waals surface area contributed by atoms with E-state index >= 15 is 0 Å². The summed E-state index contributed by atoms with van der Waals surface area (Å²) in [6.07, 6.45) is 0. The molecular weight excluding hydrogens is 258 g/mol. The van der Waals surface area contributed by atoms with Crippen molar-refractivity contribution in [1.29, 1.82) is 10.5 Å². The predicted octanol–water partition coefficient (Wildman–Crippen LogP) is 3.49. The van der Waals surface area contributed by atoms with Gasteiger partial charge in [-0.05, 0) is 18.1 Å². The van der Waals surface area contributed by atoms with Crippen LogP contribution >= 0.6 is 0 Å². The molecule has 0 spiro atoms. The fourth-order valence-electron chi connectivity index (χ4n) is 2.20. The Kier molecular flexibility index (Phi) is 5.10. The third-order valence-electron chi connectivity index (χ3n) is 3.42. The third kappa shape index (κ3) is 3.92. The van der Waals surface area contributed by atoms with Gasteiger partial charge >= 0.3 is 0 Å². The van der Waals surface area contributed by atoms with E-state index in [2.05, 4.69) is 17.5 Å². The predicted molar refractivity (Wildman–Crippen MR) is 81.9 cm³/mol. The molecule has 3 heteroatoms. The molecule has 1 atom stereocenters. The van der Waals surface area contributed by atoms with E-state index in [-0.39, 0.29) is 6.04 Å². The maximum atomic E-state index is 9.20. The number of benzene rings is 2. The van der Waals surface area contributed by atoms with Crippen molar-refractivity contribution in [2.24, 2.45) is 5.92 Å². The molecule has 0 saturated carbocycles. The zero-order valence-corrected chi connectivity index (χ0v) is 12.0. The summed E-state index contributed by atoms with van der Waals surface area (Å²) >= 11 is 0. The molecule has 0 amide bonds. The van der Waals surface area contributed by atoms with Crippen LogP contribution in [0.4, 0.5) is 0 Å². The van der Waals surface area contributed by atoms with Crippen LogP contribution < -0.4 is 5.32 Å². The van der Waals surface area contributed by atoms with Gasteiger partial charge < -0.3 is 5.32 Å². The van der Waals surface area contributed by atoms with Crippen molar-refractivity contribution < 1.29 is 0 Å². The van der Waals surface area contributed by atoms with E-state index < -0.39 is 5.92 Å². The first-order valence-electron chi connectivity index (χ1n) is 6.87. The zero-order chi connectivity index (χ0) is 15.1.